The Hall–Kier alpha value is -1.72. The van der Waals surface area contributed by atoms with Crippen LogP contribution in [0, 0.1) is 6.92 Å². The van der Waals surface area contributed by atoms with Crippen molar-refractivity contribution in [2.75, 3.05) is 24.8 Å². The minimum absolute atomic E-state index is 0.487. The molecular formula is C8H14N6. The van der Waals surface area contributed by atoms with Gasteiger partial charge in [0.25, 0.3) is 0 Å². The van der Waals surface area contributed by atoms with Crippen LogP contribution >= 0.6 is 0 Å². The molecule has 14 heavy (non-hydrogen) atoms. The number of nitrogen functional groups attached to an aromatic ring is 1. The average molecular weight is 194 g/mol. The monoisotopic (exact) mass is 194 g/mol. The molecule has 6 heteroatoms. The SMILES string of the molecule is Cc1nn(C)c2c1nc(N)n2N(C)C. The van der Waals surface area contributed by atoms with E-state index < -0.39 is 0 Å². The highest BCUT2D eigenvalue weighted by molar-refractivity contribution is 5.77. The van der Waals surface area contributed by atoms with Crippen LogP contribution in [-0.2, 0) is 7.05 Å². The first kappa shape index (κ1) is 8.86. The van der Waals surface area contributed by atoms with E-state index in [9.17, 15) is 0 Å². The van der Waals surface area contributed by atoms with Crippen LogP contribution in [0.1, 0.15) is 5.69 Å². The predicted molar refractivity (Wildman–Crippen MR) is 55.7 cm³/mol. The van der Waals surface area contributed by atoms with Gasteiger partial charge in [0.15, 0.2) is 5.65 Å². The molecule has 2 aromatic heterocycles. The summed E-state index contributed by atoms with van der Waals surface area (Å²) in [5.74, 6) is 0.487. The molecule has 6 nitrogen and oxygen atoms in total. The molecule has 2 N–H and O–H groups in total. The molecule has 76 valence electrons. The standard InChI is InChI=1S/C8H14N6/c1-5-6-7(13(4)11-5)14(12(2)3)8(9)10-6/h1-4H3,(H2,9,10). The van der Waals surface area contributed by atoms with Crippen molar-refractivity contribution < 1.29 is 0 Å². The van der Waals surface area contributed by atoms with E-state index >= 15 is 0 Å². The van der Waals surface area contributed by atoms with Crippen LogP contribution in [0.5, 0.6) is 0 Å². The quantitative estimate of drug-likeness (QED) is 0.686. The molecule has 0 saturated heterocycles. The Morgan fingerprint density at radius 3 is 2.57 bits per heavy atom. The smallest absolute Gasteiger partial charge is 0.222 e. The maximum Gasteiger partial charge on any atom is 0.222 e. The van der Waals surface area contributed by atoms with Crippen molar-refractivity contribution in [1.82, 2.24) is 19.4 Å². The Morgan fingerprint density at radius 1 is 1.36 bits per heavy atom. The second-order valence-electron chi connectivity index (χ2n) is 3.51. The number of hydrogen-bond donors (Lipinski definition) is 1. The zero-order valence-corrected chi connectivity index (χ0v) is 8.81. The van der Waals surface area contributed by atoms with Crippen molar-refractivity contribution in [3.63, 3.8) is 0 Å². The molecule has 0 aliphatic carbocycles. The summed E-state index contributed by atoms with van der Waals surface area (Å²) in [5, 5.41) is 6.17. The summed E-state index contributed by atoms with van der Waals surface area (Å²) in [4.78, 5) is 4.27. The minimum Gasteiger partial charge on any atom is -0.368 e. The lowest BCUT2D eigenvalue weighted by Crippen LogP contribution is -2.27. The van der Waals surface area contributed by atoms with Gasteiger partial charge < -0.3 is 10.7 Å². The molecule has 0 saturated carbocycles. The summed E-state index contributed by atoms with van der Waals surface area (Å²) in [6.07, 6.45) is 0. The van der Waals surface area contributed by atoms with E-state index in [1.807, 2.05) is 37.8 Å². The minimum atomic E-state index is 0.487. The number of imidazole rings is 1. The van der Waals surface area contributed by atoms with Gasteiger partial charge in [0.05, 0.1) is 5.69 Å². The number of hydrogen-bond acceptors (Lipinski definition) is 4. The molecule has 0 aliphatic rings. The van der Waals surface area contributed by atoms with Gasteiger partial charge in [-0.25, -0.2) is 14.3 Å². The largest absolute Gasteiger partial charge is 0.368 e. The summed E-state index contributed by atoms with van der Waals surface area (Å²) in [6, 6.07) is 0. The highest BCUT2D eigenvalue weighted by Crippen LogP contribution is 2.19. The number of anilines is 1. The second-order valence-corrected chi connectivity index (χ2v) is 3.51. The van der Waals surface area contributed by atoms with Gasteiger partial charge in [0.1, 0.15) is 5.52 Å². The van der Waals surface area contributed by atoms with Crippen molar-refractivity contribution in [3.8, 4) is 0 Å². The maximum absolute atomic E-state index is 5.81. The molecule has 0 aromatic carbocycles. The van der Waals surface area contributed by atoms with Crippen molar-refractivity contribution in [1.29, 1.82) is 0 Å². The first-order chi connectivity index (χ1) is 6.52. The van der Waals surface area contributed by atoms with Crippen molar-refractivity contribution >= 4 is 17.1 Å². The number of rotatable bonds is 1. The van der Waals surface area contributed by atoms with E-state index in [1.165, 1.54) is 0 Å². The van der Waals surface area contributed by atoms with E-state index in [0.29, 0.717) is 5.95 Å². The summed E-state index contributed by atoms with van der Waals surface area (Å²) in [7, 11) is 5.72. The lowest BCUT2D eigenvalue weighted by Gasteiger charge is -2.15. The Morgan fingerprint density at radius 2 is 2.00 bits per heavy atom. The molecule has 0 bridgehead atoms. The Kier molecular flexibility index (Phi) is 1.67. The fourth-order valence-electron chi connectivity index (χ4n) is 1.67. The fraction of sp³-hybridized carbons (Fsp3) is 0.500. The number of fused-ring (bicyclic) bond motifs is 1. The first-order valence-electron chi connectivity index (χ1n) is 4.37. The van der Waals surface area contributed by atoms with Gasteiger partial charge in [0, 0.05) is 21.1 Å². The Bertz CT molecular complexity index is 477. The normalized spacial score (nSPS) is 11.1. The molecule has 2 aromatic rings. The third-order valence-corrected chi connectivity index (χ3v) is 2.21. The fourth-order valence-corrected chi connectivity index (χ4v) is 1.67. The maximum atomic E-state index is 5.81. The lowest BCUT2D eigenvalue weighted by atomic mass is 10.4. The lowest BCUT2D eigenvalue weighted by molar-refractivity contribution is 0.699. The average Bonchev–Trinajstić information content (AvgIpc) is 2.52. The Labute approximate surface area is 81.9 Å². The number of nitrogens with zero attached hydrogens (tertiary/aromatic N) is 5. The van der Waals surface area contributed by atoms with Gasteiger partial charge in [-0.1, -0.05) is 0 Å². The van der Waals surface area contributed by atoms with Crippen LogP contribution in [0.3, 0.4) is 0 Å². The highest BCUT2D eigenvalue weighted by atomic mass is 15.6. The Balaban J connectivity index is 2.86. The first-order valence-corrected chi connectivity index (χ1v) is 4.37. The van der Waals surface area contributed by atoms with Crippen LogP contribution < -0.4 is 10.7 Å². The topological polar surface area (TPSA) is 64.9 Å². The van der Waals surface area contributed by atoms with E-state index in [1.54, 1.807) is 4.68 Å². The molecule has 0 spiro atoms. The van der Waals surface area contributed by atoms with E-state index in [0.717, 1.165) is 16.9 Å². The van der Waals surface area contributed by atoms with Crippen molar-refractivity contribution in [2.24, 2.45) is 7.05 Å². The zero-order chi connectivity index (χ0) is 10.5. The van der Waals surface area contributed by atoms with E-state index in [-0.39, 0.29) is 0 Å². The van der Waals surface area contributed by atoms with Crippen LogP contribution in [-0.4, -0.2) is 33.5 Å². The molecule has 0 atom stereocenters. The molecular weight excluding hydrogens is 180 g/mol. The number of aryl methyl sites for hydroxylation is 2. The summed E-state index contributed by atoms with van der Waals surface area (Å²) in [6.45, 7) is 1.93. The second kappa shape index (κ2) is 2.63. The van der Waals surface area contributed by atoms with Gasteiger partial charge in [-0.3, -0.25) is 0 Å². The van der Waals surface area contributed by atoms with Gasteiger partial charge in [-0.15, -0.1) is 0 Å². The summed E-state index contributed by atoms with van der Waals surface area (Å²) in [5.41, 5.74) is 8.48. The molecule has 0 fully saturated rings. The molecule has 2 heterocycles. The number of aromatic nitrogens is 4. The van der Waals surface area contributed by atoms with Crippen LogP contribution in [0.2, 0.25) is 0 Å². The van der Waals surface area contributed by atoms with Crippen molar-refractivity contribution in [3.05, 3.63) is 5.69 Å². The molecule has 0 unspecified atom stereocenters. The summed E-state index contributed by atoms with van der Waals surface area (Å²) < 4.78 is 3.61. The molecule has 0 radical (unpaired) electrons. The zero-order valence-electron chi connectivity index (χ0n) is 8.81. The molecule has 0 amide bonds. The summed E-state index contributed by atoms with van der Waals surface area (Å²) >= 11 is 0. The van der Waals surface area contributed by atoms with E-state index in [4.69, 9.17) is 5.73 Å². The van der Waals surface area contributed by atoms with Gasteiger partial charge >= 0.3 is 0 Å². The predicted octanol–water partition coefficient (Wildman–Crippen LogP) is -0.142. The van der Waals surface area contributed by atoms with Crippen LogP contribution in [0.4, 0.5) is 5.95 Å². The van der Waals surface area contributed by atoms with Gasteiger partial charge in [-0.05, 0) is 6.92 Å². The van der Waals surface area contributed by atoms with Crippen molar-refractivity contribution in [2.45, 2.75) is 6.92 Å². The van der Waals surface area contributed by atoms with Crippen LogP contribution in [0.15, 0.2) is 0 Å². The van der Waals surface area contributed by atoms with E-state index in [2.05, 4.69) is 10.1 Å². The highest BCUT2D eigenvalue weighted by Gasteiger charge is 2.16. The number of nitrogens with two attached hydrogens (primary N) is 1. The molecule has 0 aliphatic heterocycles. The van der Waals surface area contributed by atoms with Gasteiger partial charge in [-0.2, -0.15) is 5.10 Å². The molecule has 2 rings (SSSR count). The van der Waals surface area contributed by atoms with Gasteiger partial charge in [0.2, 0.25) is 5.95 Å². The van der Waals surface area contributed by atoms with Crippen LogP contribution in [0.25, 0.3) is 11.2 Å². The third-order valence-electron chi connectivity index (χ3n) is 2.21. The third kappa shape index (κ3) is 0.966.